The average molecular weight is 170 g/mol. The third-order valence-electron chi connectivity index (χ3n) is 0. The second-order valence-electron chi connectivity index (χ2n) is 0.638. The SMILES string of the molecule is [SiH3]S(Cl)(Cl)Cl. The second kappa shape index (κ2) is 1.94. The molecule has 0 amide bonds. The van der Waals surface area contributed by atoms with Gasteiger partial charge in [0.2, 0.25) is 0 Å². The van der Waals surface area contributed by atoms with Crippen molar-refractivity contribution in [2.45, 2.75) is 0 Å². The van der Waals surface area contributed by atoms with Crippen molar-refractivity contribution in [3.8, 4) is 0 Å². The summed E-state index contributed by atoms with van der Waals surface area (Å²) < 4.78 is 0. The Morgan fingerprint density at radius 1 is 1.20 bits per heavy atom. The zero-order chi connectivity index (χ0) is 4.50. The Labute approximate surface area is 48.7 Å². The van der Waals surface area contributed by atoms with E-state index in [2.05, 4.69) is 0 Å². The number of halogens is 3. The summed E-state index contributed by atoms with van der Waals surface area (Å²) in [4.78, 5) is 0. The summed E-state index contributed by atoms with van der Waals surface area (Å²) in [5.41, 5.74) is 0. The fraction of sp³-hybridized carbons (Fsp3) is 0. The molecule has 0 nitrogen and oxygen atoms in total. The highest BCUT2D eigenvalue weighted by Crippen LogP contribution is 2.58. The lowest BCUT2D eigenvalue weighted by molar-refractivity contribution is 4.53. The molecule has 0 radical (unpaired) electrons. The fourth-order valence-electron chi connectivity index (χ4n) is 0. The van der Waals surface area contributed by atoms with Gasteiger partial charge in [0.15, 0.2) is 0 Å². The van der Waals surface area contributed by atoms with Crippen LogP contribution in [0.2, 0.25) is 0 Å². The van der Waals surface area contributed by atoms with E-state index in [-0.39, 0.29) is 0 Å². The van der Waals surface area contributed by atoms with Gasteiger partial charge in [0.05, 0.1) is 0 Å². The fourth-order valence-corrected chi connectivity index (χ4v) is 0. The minimum absolute atomic E-state index is 0.688. The van der Waals surface area contributed by atoms with Crippen molar-refractivity contribution < 1.29 is 0 Å². The minimum Gasteiger partial charge on any atom is -0.0426 e. The van der Waals surface area contributed by atoms with Gasteiger partial charge < -0.3 is 0 Å². The molecule has 0 unspecified atom stereocenters. The van der Waals surface area contributed by atoms with Gasteiger partial charge in [0.1, 0.15) is 9.39 Å². The molecule has 0 atom stereocenters. The van der Waals surface area contributed by atoms with Gasteiger partial charge in [-0.2, -0.15) is 0 Å². The van der Waals surface area contributed by atoms with Crippen molar-refractivity contribution in [2.24, 2.45) is 0 Å². The van der Waals surface area contributed by atoms with Crippen LogP contribution in [-0.4, -0.2) is 9.39 Å². The Kier molecular flexibility index (Phi) is 2.49. The predicted molar refractivity (Wildman–Crippen MR) is 35.1 cm³/mol. The maximum atomic E-state index is 5.21. The molecule has 5 heteroatoms. The molecule has 0 aromatic heterocycles. The third-order valence-corrected chi connectivity index (χ3v) is 0. The van der Waals surface area contributed by atoms with Crippen molar-refractivity contribution in [2.75, 3.05) is 0 Å². The minimum atomic E-state index is -1.61. The van der Waals surface area contributed by atoms with E-state index in [1.54, 1.807) is 0 Å². The second-order valence-corrected chi connectivity index (χ2v) is 17.2. The van der Waals surface area contributed by atoms with E-state index in [0.717, 1.165) is 0 Å². The van der Waals surface area contributed by atoms with Gasteiger partial charge in [0, 0.05) is 0 Å². The molecule has 0 aromatic rings. The van der Waals surface area contributed by atoms with Crippen LogP contribution in [0.5, 0.6) is 0 Å². The lowest BCUT2D eigenvalue weighted by Crippen LogP contribution is -1.55. The largest absolute Gasteiger partial charge is 0.102 e. The summed E-state index contributed by atoms with van der Waals surface area (Å²) >= 11 is 0. The van der Waals surface area contributed by atoms with E-state index in [1.807, 2.05) is 0 Å². The molecule has 0 aromatic carbocycles. The molecule has 0 saturated carbocycles. The monoisotopic (exact) mass is 168 g/mol. The Morgan fingerprint density at radius 2 is 1.20 bits per heavy atom. The number of rotatable bonds is 0. The van der Waals surface area contributed by atoms with Gasteiger partial charge in [-0.15, -0.1) is 0 Å². The molecule has 0 fully saturated rings. The highest BCUT2D eigenvalue weighted by atomic mass is 36.2. The van der Waals surface area contributed by atoms with Crippen LogP contribution in [0.1, 0.15) is 0 Å². The van der Waals surface area contributed by atoms with E-state index in [1.165, 1.54) is 0 Å². The first-order valence-corrected chi connectivity index (χ1v) is 7.84. The summed E-state index contributed by atoms with van der Waals surface area (Å²) in [6.07, 6.45) is 0. The van der Waals surface area contributed by atoms with Crippen molar-refractivity contribution >= 4 is 48.6 Å². The molecule has 0 saturated heterocycles. The van der Waals surface area contributed by atoms with Crippen LogP contribution in [0, 0.1) is 0 Å². The molecule has 0 heterocycles. The molecular weight excluding hydrogens is 167 g/mol. The highest BCUT2D eigenvalue weighted by Gasteiger charge is 1.98. The van der Waals surface area contributed by atoms with Crippen LogP contribution in [0.25, 0.3) is 0 Å². The summed E-state index contributed by atoms with van der Waals surface area (Å²) in [5.74, 6) is 0. The first-order valence-electron chi connectivity index (χ1n) is 0.871. The van der Waals surface area contributed by atoms with E-state index in [9.17, 15) is 0 Å². The Morgan fingerprint density at radius 3 is 1.20 bits per heavy atom. The zero-order valence-electron chi connectivity index (χ0n) is 2.54. The summed E-state index contributed by atoms with van der Waals surface area (Å²) in [7, 11) is 14.7. The normalized spacial score (nSPS) is 15.8. The first kappa shape index (κ1) is 6.44. The molecule has 0 aliphatic rings. The van der Waals surface area contributed by atoms with Crippen molar-refractivity contribution in [3.63, 3.8) is 0 Å². The van der Waals surface area contributed by atoms with Crippen molar-refractivity contribution in [1.82, 2.24) is 0 Å². The van der Waals surface area contributed by atoms with Crippen LogP contribution in [0.3, 0.4) is 0 Å². The Hall–Kier alpha value is 1.44. The quantitative estimate of drug-likeness (QED) is 0.483. The van der Waals surface area contributed by atoms with Crippen LogP contribution >= 0.6 is 39.2 Å². The Bertz CT molecular complexity index is 22.4. The van der Waals surface area contributed by atoms with Gasteiger partial charge in [-0.05, 0) is 39.2 Å². The first-order chi connectivity index (χ1) is 2.00. The molecule has 0 N–H and O–H groups in total. The van der Waals surface area contributed by atoms with Gasteiger partial charge >= 0.3 is 0 Å². The van der Waals surface area contributed by atoms with Crippen molar-refractivity contribution in [1.29, 1.82) is 0 Å². The van der Waals surface area contributed by atoms with E-state index in [0.29, 0.717) is 9.39 Å². The van der Waals surface area contributed by atoms with Gasteiger partial charge in [-0.25, -0.2) is 0 Å². The van der Waals surface area contributed by atoms with Crippen LogP contribution < -0.4 is 0 Å². The molecular formula is H3Cl3SSi. The van der Waals surface area contributed by atoms with Gasteiger partial charge in [-0.1, -0.05) is 0 Å². The molecule has 0 aliphatic heterocycles. The van der Waals surface area contributed by atoms with Crippen LogP contribution in [0.4, 0.5) is 0 Å². The maximum Gasteiger partial charge on any atom is 0.102 e. The van der Waals surface area contributed by atoms with Crippen LogP contribution in [-0.2, 0) is 0 Å². The standard InChI is InChI=1S/Cl3H3SSi/c1-4(2,3)5/h5H3. The van der Waals surface area contributed by atoms with Crippen molar-refractivity contribution in [3.05, 3.63) is 0 Å². The van der Waals surface area contributed by atoms with Gasteiger partial charge in [-0.3, -0.25) is 0 Å². The summed E-state index contributed by atoms with van der Waals surface area (Å²) in [6, 6.07) is 0. The van der Waals surface area contributed by atoms with Gasteiger partial charge in [0.25, 0.3) is 0 Å². The summed E-state index contributed by atoms with van der Waals surface area (Å²) in [5, 5.41) is 0. The lowest BCUT2D eigenvalue weighted by Gasteiger charge is -2.02. The van der Waals surface area contributed by atoms with E-state index >= 15 is 0 Å². The lowest BCUT2D eigenvalue weighted by atomic mass is 27.8. The van der Waals surface area contributed by atoms with Crippen LogP contribution in [0.15, 0.2) is 0 Å². The number of hydrogen-bond donors (Lipinski definition) is 0. The third kappa shape index (κ3) is 31.1. The molecule has 0 spiro atoms. The maximum absolute atomic E-state index is 5.21. The van der Waals surface area contributed by atoms with E-state index < -0.39 is 7.12 Å². The molecule has 34 valence electrons. The average Bonchev–Trinajstić information content (AvgIpc) is 0.722. The molecule has 0 aliphatic carbocycles. The highest BCUT2D eigenvalue weighted by molar-refractivity contribution is 8.90. The predicted octanol–water partition coefficient (Wildman–Crippen LogP) is 1.53. The summed E-state index contributed by atoms with van der Waals surface area (Å²) in [6.45, 7) is 0. The smallest absolute Gasteiger partial charge is 0.0426 e. The molecule has 0 bridgehead atoms. The number of hydrogen-bond acceptors (Lipinski definition) is 0. The molecule has 0 rings (SSSR count). The topological polar surface area (TPSA) is 0 Å². The van der Waals surface area contributed by atoms with E-state index in [4.69, 9.17) is 32.0 Å². The molecule has 5 heavy (non-hydrogen) atoms. The Balaban J connectivity index is 3.02. The zero-order valence-corrected chi connectivity index (χ0v) is 7.63.